The number of guanidine groups is 1. The maximum atomic E-state index is 6.08. The van der Waals surface area contributed by atoms with Crippen molar-refractivity contribution in [3.8, 4) is 5.75 Å². The summed E-state index contributed by atoms with van der Waals surface area (Å²) in [6, 6.07) is 8.01. The molecule has 0 radical (unpaired) electrons. The van der Waals surface area contributed by atoms with Crippen LogP contribution in [-0.2, 0) is 24.9 Å². The Labute approximate surface area is 196 Å². The number of hydrogen-bond acceptors (Lipinski definition) is 5. The normalized spacial score (nSPS) is 11.7. The van der Waals surface area contributed by atoms with Crippen LogP contribution in [0.4, 0.5) is 0 Å². The Bertz CT molecular complexity index is 801. The zero-order valence-electron chi connectivity index (χ0n) is 18.9. The standard InChI is InChI=1S/C21H34N6O2.HI/c1-16-25-26-19(27(16)5)15-24-20(22-12-9-13-28-6)23-14-17-10-7-8-11-18(17)29-21(2,3)4;/h7-8,10-11H,9,12-15H2,1-6H3,(H2,22,23,24);1H. The van der Waals surface area contributed by atoms with Crippen LogP contribution in [0.3, 0.4) is 0 Å². The van der Waals surface area contributed by atoms with Crippen LogP contribution in [0, 0.1) is 6.92 Å². The van der Waals surface area contributed by atoms with Gasteiger partial charge in [0.05, 0.1) is 13.1 Å². The van der Waals surface area contributed by atoms with E-state index in [1.165, 1.54) is 0 Å². The van der Waals surface area contributed by atoms with Crippen molar-refractivity contribution in [3.05, 3.63) is 41.5 Å². The summed E-state index contributed by atoms with van der Waals surface area (Å²) in [5.74, 6) is 3.30. The Hall–Kier alpha value is -1.88. The molecular formula is C21H35IN6O2. The van der Waals surface area contributed by atoms with Crippen LogP contribution in [0.2, 0.25) is 0 Å². The number of methoxy groups -OCH3 is 1. The molecular weight excluding hydrogens is 495 g/mol. The molecule has 0 aliphatic heterocycles. The molecule has 0 fully saturated rings. The smallest absolute Gasteiger partial charge is 0.191 e. The number of nitrogens with zero attached hydrogens (tertiary/aromatic N) is 4. The van der Waals surface area contributed by atoms with E-state index in [2.05, 4.69) is 20.8 Å². The van der Waals surface area contributed by atoms with E-state index in [1.54, 1.807) is 7.11 Å². The fraction of sp³-hybridized carbons (Fsp3) is 0.571. The molecule has 2 aromatic rings. The van der Waals surface area contributed by atoms with E-state index in [9.17, 15) is 0 Å². The topological polar surface area (TPSA) is 85.6 Å². The summed E-state index contributed by atoms with van der Waals surface area (Å²) in [5.41, 5.74) is 0.775. The van der Waals surface area contributed by atoms with Gasteiger partial charge < -0.3 is 24.7 Å². The first-order valence-corrected chi connectivity index (χ1v) is 9.93. The van der Waals surface area contributed by atoms with Gasteiger partial charge in [0.1, 0.15) is 17.2 Å². The second-order valence-corrected chi connectivity index (χ2v) is 7.84. The third-order valence-corrected chi connectivity index (χ3v) is 4.21. The lowest BCUT2D eigenvalue weighted by molar-refractivity contribution is 0.129. The van der Waals surface area contributed by atoms with Gasteiger partial charge in [-0.25, -0.2) is 4.99 Å². The predicted octanol–water partition coefficient (Wildman–Crippen LogP) is 3.19. The summed E-state index contributed by atoms with van der Waals surface area (Å²) < 4.78 is 13.2. The fourth-order valence-electron chi connectivity index (χ4n) is 2.59. The van der Waals surface area contributed by atoms with E-state index in [0.717, 1.165) is 35.9 Å². The molecule has 0 aliphatic rings. The number of para-hydroxylation sites is 1. The first kappa shape index (κ1) is 26.2. The van der Waals surface area contributed by atoms with Crippen molar-refractivity contribution in [1.82, 2.24) is 25.4 Å². The van der Waals surface area contributed by atoms with Crippen molar-refractivity contribution < 1.29 is 9.47 Å². The number of aliphatic imine (C=N–C) groups is 1. The summed E-state index contributed by atoms with van der Waals surface area (Å²) in [4.78, 5) is 4.75. The van der Waals surface area contributed by atoms with Crippen LogP contribution in [0.25, 0.3) is 0 Å². The van der Waals surface area contributed by atoms with Gasteiger partial charge in [0.25, 0.3) is 0 Å². The third-order valence-electron chi connectivity index (χ3n) is 4.21. The number of ether oxygens (including phenoxy) is 2. The molecule has 168 valence electrons. The molecule has 0 aliphatic carbocycles. The van der Waals surface area contributed by atoms with Crippen molar-refractivity contribution in [1.29, 1.82) is 0 Å². The first-order valence-electron chi connectivity index (χ1n) is 9.93. The molecule has 30 heavy (non-hydrogen) atoms. The number of halogens is 1. The third kappa shape index (κ3) is 8.86. The monoisotopic (exact) mass is 530 g/mol. The molecule has 0 saturated carbocycles. The quantitative estimate of drug-likeness (QED) is 0.224. The highest BCUT2D eigenvalue weighted by Crippen LogP contribution is 2.23. The lowest BCUT2D eigenvalue weighted by Crippen LogP contribution is -2.38. The Balaban J connectivity index is 0.00000450. The highest BCUT2D eigenvalue weighted by atomic mass is 127. The summed E-state index contributed by atoms with van der Waals surface area (Å²) in [6.45, 7) is 10.6. The van der Waals surface area contributed by atoms with Gasteiger partial charge in [-0.05, 0) is 40.2 Å². The first-order chi connectivity index (χ1) is 13.8. The Kier molecular flexibility index (Phi) is 11.1. The van der Waals surface area contributed by atoms with Crippen LogP contribution in [0.5, 0.6) is 5.75 Å². The van der Waals surface area contributed by atoms with Gasteiger partial charge in [-0.1, -0.05) is 18.2 Å². The van der Waals surface area contributed by atoms with Gasteiger partial charge in [0.2, 0.25) is 0 Å². The minimum absolute atomic E-state index is 0. The summed E-state index contributed by atoms with van der Waals surface area (Å²) >= 11 is 0. The van der Waals surface area contributed by atoms with Gasteiger partial charge in [-0.2, -0.15) is 0 Å². The molecule has 8 nitrogen and oxygen atoms in total. The molecule has 0 spiro atoms. The highest BCUT2D eigenvalue weighted by Gasteiger charge is 2.14. The molecule has 0 atom stereocenters. The van der Waals surface area contributed by atoms with Crippen LogP contribution in [0.15, 0.2) is 29.3 Å². The Morgan fingerprint density at radius 1 is 1.17 bits per heavy atom. The van der Waals surface area contributed by atoms with E-state index in [1.807, 2.05) is 63.6 Å². The average molecular weight is 530 g/mol. The van der Waals surface area contributed by atoms with Gasteiger partial charge >= 0.3 is 0 Å². The number of aryl methyl sites for hydroxylation is 1. The number of rotatable bonds is 9. The molecule has 0 unspecified atom stereocenters. The van der Waals surface area contributed by atoms with E-state index in [-0.39, 0.29) is 29.6 Å². The van der Waals surface area contributed by atoms with Gasteiger partial charge in [0.15, 0.2) is 11.8 Å². The molecule has 1 heterocycles. The molecule has 0 bridgehead atoms. The van der Waals surface area contributed by atoms with Gasteiger partial charge in [-0.3, -0.25) is 0 Å². The number of aromatic nitrogens is 3. The zero-order chi connectivity index (χ0) is 21.3. The lowest BCUT2D eigenvalue weighted by Gasteiger charge is -2.23. The summed E-state index contributed by atoms with van der Waals surface area (Å²) in [6.07, 6.45) is 0.893. The predicted molar refractivity (Wildman–Crippen MR) is 130 cm³/mol. The summed E-state index contributed by atoms with van der Waals surface area (Å²) in [7, 11) is 3.66. The van der Waals surface area contributed by atoms with Crippen LogP contribution in [0.1, 0.15) is 44.4 Å². The molecule has 0 amide bonds. The minimum Gasteiger partial charge on any atom is -0.488 e. The SMILES string of the molecule is COCCCNC(=NCc1ccccc1OC(C)(C)C)NCc1nnc(C)n1C.I. The summed E-state index contributed by atoms with van der Waals surface area (Å²) in [5, 5.41) is 15.0. The Morgan fingerprint density at radius 2 is 1.90 bits per heavy atom. The molecule has 0 saturated heterocycles. The van der Waals surface area contributed by atoms with E-state index in [4.69, 9.17) is 14.5 Å². The van der Waals surface area contributed by atoms with E-state index < -0.39 is 0 Å². The molecule has 1 aromatic heterocycles. The van der Waals surface area contributed by atoms with Gasteiger partial charge in [-0.15, -0.1) is 34.2 Å². The zero-order valence-corrected chi connectivity index (χ0v) is 21.2. The van der Waals surface area contributed by atoms with E-state index in [0.29, 0.717) is 25.7 Å². The Morgan fingerprint density at radius 3 is 2.53 bits per heavy atom. The number of nitrogens with one attached hydrogen (secondary N) is 2. The average Bonchev–Trinajstić information content (AvgIpc) is 2.98. The maximum Gasteiger partial charge on any atom is 0.191 e. The van der Waals surface area contributed by atoms with Crippen LogP contribution >= 0.6 is 24.0 Å². The lowest BCUT2D eigenvalue weighted by atomic mass is 10.1. The molecule has 2 N–H and O–H groups in total. The van der Waals surface area contributed by atoms with Crippen molar-refractivity contribution in [2.75, 3.05) is 20.3 Å². The second kappa shape index (κ2) is 12.7. The minimum atomic E-state index is -0.262. The van der Waals surface area contributed by atoms with Gasteiger partial charge in [0, 0.05) is 32.9 Å². The maximum absolute atomic E-state index is 6.08. The largest absolute Gasteiger partial charge is 0.488 e. The van der Waals surface area contributed by atoms with Crippen molar-refractivity contribution >= 4 is 29.9 Å². The van der Waals surface area contributed by atoms with Crippen molar-refractivity contribution in [2.24, 2.45) is 12.0 Å². The van der Waals surface area contributed by atoms with E-state index >= 15 is 0 Å². The number of benzene rings is 1. The van der Waals surface area contributed by atoms with Crippen molar-refractivity contribution in [3.63, 3.8) is 0 Å². The van der Waals surface area contributed by atoms with Crippen LogP contribution in [-0.4, -0.2) is 46.6 Å². The number of hydrogen-bond donors (Lipinski definition) is 2. The molecule has 1 aromatic carbocycles. The fourth-order valence-corrected chi connectivity index (χ4v) is 2.59. The second-order valence-electron chi connectivity index (χ2n) is 7.84. The molecule has 2 rings (SSSR count). The molecule has 9 heteroatoms. The van der Waals surface area contributed by atoms with Crippen molar-refractivity contribution in [2.45, 2.75) is 52.8 Å². The van der Waals surface area contributed by atoms with Crippen LogP contribution < -0.4 is 15.4 Å². The highest BCUT2D eigenvalue weighted by molar-refractivity contribution is 14.0.